The smallest absolute Gasteiger partial charge is 0.271 e. The summed E-state index contributed by atoms with van der Waals surface area (Å²) in [5.74, 6) is 1.33. The van der Waals surface area contributed by atoms with Crippen molar-refractivity contribution >= 4 is 28.2 Å². The lowest BCUT2D eigenvalue weighted by Gasteiger charge is -2.11. The second-order valence-electron chi connectivity index (χ2n) is 8.67. The first-order valence-electron chi connectivity index (χ1n) is 11.5. The van der Waals surface area contributed by atoms with E-state index in [0.717, 1.165) is 35.2 Å². The molecule has 190 valence electrons. The molecule has 4 aromatic rings. The number of fused-ring (bicyclic) bond motifs is 1. The van der Waals surface area contributed by atoms with E-state index in [9.17, 15) is 15.4 Å². The van der Waals surface area contributed by atoms with E-state index < -0.39 is 4.92 Å². The first kappa shape index (κ1) is 25.4. The van der Waals surface area contributed by atoms with E-state index in [1.54, 1.807) is 0 Å². The Morgan fingerprint density at radius 1 is 1.24 bits per heavy atom. The SMILES string of the molecule is COc1ccc([N+](=O)[O-])cc1Nc1ncc(C#N)c(-c2cn(C)c3cc(OCCCN(C)C)ccc23)n1. The van der Waals surface area contributed by atoms with Crippen molar-refractivity contribution in [2.24, 2.45) is 7.05 Å². The maximum absolute atomic E-state index is 11.2. The largest absolute Gasteiger partial charge is 0.495 e. The Labute approximate surface area is 214 Å². The number of nitriles is 1. The molecule has 0 aliphatic heterocycles. The van der Waals surface area contributed by atoms with Gasteiger partial charge in [-0.3, -0.25) is 10.1 Å². The van der Waals surface area contributed by atoms with Crippen molar-refractivity contribution in [2.75, 3.05) is 39.7 Å². The van der Waals surface area contributed by atoms with Gasteiger partial charge in [0.15, 0.2) is 0 Å². The van der Waals surface area contributed by atoms with Crippen LogP contribution in [-0.4, -0.2) is 58.7 Å². The summed E-state index contributed by atoms with van der Waals surface area (Å²) in [5, 5.41) is 24.9. The van der Waals surface area contributed by atoms with Gasteiger partial charge in [0.05, 0.1) is 47.3 Å². The molecule has 4 rings (SSSR count). The predicted octanol–water partition coefficient (Wildman–Crippen LogP) is 4.50. The van der Waals surface area contributed by atoms with Gasteiger partial charge in [0.2, 0.25) is 5.95 Å². The summed E-state index contributed by atoms with van der Waals surface area (Å²) in [5.41, 5.74) is 2.65. The summed E-state index contributed by atoms with van der Waals surface area (Å²) < 4.78 is 13.2. The normalized spacial score (nSPS) is 10.9. The molecule has 2 aromatic carbocycles. The van der Waals surface area contributed by atoms with Crippen LogP contribution in [-0.2, 0) is 7.05 Å². The standard InChI is InChI=1S/C26H27N7O4/c1-31(2)10-5-11-37-19-7-8-20-21(16-32(3)23(20)13-19)25-17(14-27)15-28-26(30-25)29-22-12-18(33(34)35)6-9-24(22)36-4/h6-9,12-13,15-16H,5,10-11H2,1-4H3,(H,28,29,30). The number of ether oxygens (including phenoxy) is 2. The summed E-state index contributed by atoms with van der Waals surface area (Å²) in [7, 11) is 7.44. The van der Waals surface area contributed by atoms with Gasteiger partial charge in [0, 0.05) is 48.9 Å². The van der Waals surface area contributed by atoms with Crippen LogP contribution in [0.3, 0.4) is 0 Å². The predicted molar refractivity (Wildman–Crippen MR) is 140 cm³/mol. The van der Waals surface area contributed by atoms with Crippen LogP contribution in [0.2, 0.25) is 0 Å². The van der Waals surface area contributed by atoms with E-state index in [-0.39, 0.29) is 11.6 Å². The van der Waals surface area contributed by atoms with Crippen LogP contribution >= 0.6 is 0 Å². The average molecular weight is 502 g/mol. The number of aromatic nitrogens is 3. The number of aryl methyl sites for hydroxylation is 1. The Morgan fingerprint density at radius 2 is 2.05 bits per heavy atom. The Balaban J connectivity index is 1.68. The van der Waals surface area contributed by atoms with Crippen LogP contribution in [0, 0.1) is 21.4 Å². The third-order valence-corrected chi connectivity index (χ3v) is 5.79. The fourth-order valence-electron chi connectivity index (χ4n) is 3.97. The lowest BCUT2D eigenvalue weighted by molar-refractivity contribution is -0.384. The van der Waals surface area contributed by atoms with Gasteiger partial charge in [-0.15, -0.1) is 0 Å². The van der Waals surface area contributed by atoms with Crippen LogP contribution in [0.4, 0.5) is 17.3 Å². The summed E-state index contributed by atoms with van der Waals surface area (Å²) in [4.78, 5) is 21.7. The van der Waals surface area contributed by atoms with Gasteiger partial charge in [-0.2, -0.15) is 5.26 Å². The van der Waals surface area contributed by atoms with Crippen LogP contribution in [0.1, 0.15) is 12.0 Å². The fraction of sp³-hybridized carbons (Fsp3) is 0.269. The molecular formula is C26H27N7O4. The Kier molecular flexibility index (Phi) is 7.50. The minimum absolute atomic E-state index is 0.106. The fourth-order valence-corrected chi connectivity index (χ4v) is 3.97. The highest BCUT2D eigenvalue weighted by molar-refractivity contribution is 5.97. The summed E-state index contributed by atoms with van der Waals surface area (Å²) in [6.07, 6.45) is 4.25. The van der Waals surface area contributed by atoms with E-state index in [1.165, 1.54) is 31.5 Å². The van der Waals surface area contributed by atoms with Crippen molar-refractivity contribution in [3.63, 3.8) is 0 Å². The lowest BCUT2D eigenvalue weighted by Crippen LogP contribution is -2.15. The van der Waals surface area contributed by atoms with E-state index in [1.807, 2.05) is 50.1 Å². The quantitative estimate of drug-likeness (QED) is 0.189. The van der Waals surface area contributed by atoms with Crippen LogP contribution in [0.15, 0.2) is 48.8 Å². The van der Waals surface area contributed by atoms with E-state index in [0.29, 0.717) is 29.3 Å². The van der Waals surface area contributed by atoms with Crippen LogP contribution in [0.5, 0.6) is 11.5 Å². The van der Waals surface area contributed by atoms with Gasteiger partial charge in [-0.25, -0.2) is 9.97 Å². The second-order valence-corrected chi connectivity index (χ2v) is 8.67. The maximum Gasteiger partial charge on any atom is 0.271 e. The minimum atomic E-state index is -0.494. The number of non-ortho nitro benzene ring substituents is 1. The third-order valence-electron chi connectivity index (χ3n) is 5.79. The molecule has 0 aliphatic rings. The Hall–Kier alpha value is -4.69. The third kappa shape index (κ3) is 5.60. The number of benzene rings is 2. The molecule has 0 aliphatic carbocycles. The number of anilines is 2. The number of nitrogens with one attached hydrogen (secondary N) is 1. The maximum atomic E-state index is 11.2. The number of hydrogen-bond donors (Lipinski definition) is 1. The molecule has 1 N–H and O–H groups in total. The van der Waals surface area contributed by atoms with E-state index in [4.69, 9.17) is 9.47 Å². The monoisotopic (exact) mass is 501 g/mol. The number of nitrogens with zero attached hydrogens (tertiary/aromatic N) is 6. The zero-order chi connectivity index (χ0) is 26.5. The molecule has 0 saturated carbocycles. The molecule has 0 spiro atoms. The number of methoxy groups -OCH3 is 1. The van der Waals surface area contributed by atoms with Crippen molar-refractivity contribution < 1.29 is 14.4 Å². The molecular weight excluding hydrogens is 474 g/mol. The summed E-state index contributed by atoms with van der Waals surface area (Å²) in [6, 6.07) is 12.2. The van der Waals surface area contributed by atoms with Crippen molar-refractivity contribution in [3.8, 4) is 28.8 Å². The van der Waals surface area contributed by atoms with Gasteiger partial charge in [-0.05, 0) is 38.7 Å². The van der Waals surface area contributed by atoms with Crippen LogP contribution in [0.25, 0.3) is 22.2 Å². The molecule has 0 unspecified atom stereocenters. The molecule has 2 heterocycles. The van der Waals surface area contributed by atoms with Gasteiger partial charge in [0.1, 0.15) is 17.6 Å². The van der Waals surface area contributed by atoms with E-state index >= 15 is 0 Å². The first-order valence-corrected chi connectivity index (χ1v) is 11.5. The molecule has 0 atom stereocenters. The highest BCUT2D eigenvalue weighted by Gasteiger charge is 2.18. The molecule has 0 bridgehead atoms. The van der Waals surface area contributed by atoms with Crippen LogP contribution < -0.4 is 14.8 Å². The highest BCUT2D eigenvalue weighted by Crippen LogP contribution is 2.35. The van der Waals surface area contributed by atoms with Crippen molar-refractivity contribution in [1.82, 2.24) is 19.4 Å². The summed E-state index contributed by atoms with van der Waals surface area (Å²) in [6.45, 7) is 1.56. The average Bonchev–Trinajstić information content (AvgIpc) is 3.22. The molecule has 0 amide bonds. The number of rotatable bonds is 10. The molecule has 11 heteroatoms. The topological polar surface area (TPSA) is 131 Å². The molecule has 37 heavy (non-hydrogen) atoms. The zero-order valence-corrected chi connectivity index (χ0v) is 21.1. The lowest BCUT2D eigenvalue weighted by atomic mass is 10.1. The van der Waals surface area contributed by atoms with Gasteiger partial charge >= 0.3 is 0 Å². The molecule has 0 radical (unpaired) electrons. The van der Waals surface area contributed by atoms with Crippen molar-refractivity contribution in [1.29, 1.82) is 5.26 Å². The number of nitro groups is 1. The second kappa shape index (κ2) is 10.9. The highest BCUT2D eigenvalue weighted by atomic mass is 16.6. The number of nitro benzene ring substituents is 1. The van der Waals surface area contributed by atoms with E-state index in [2.05, 4.69) is 26.3 Å². The minimum Gasteiger partial charge on any atom is -0.495 e. The molecule has 0 fully saturated rings. The van der Waals surface area contributed by atoms with Gasteiger partial charge in [0.25, 0.3) is 5.69 Å². The zero-order valence-electron chi connectivity index (χ0n) is 21.1. The van der Waals surface area contributed by atoms with Gasteiger partial charge in [-0.1, -0.05) is 0 Å². The number of hydrogen-bond acceptors (Lipinski definition) is 9. The summed E-state index contributed by atoms with van der Waals surface area (Å²) >= 11 is 0. The van der Waals surface area contributed by atoms with Crippen molar-refractivity contribution in [3.05, 3.63) is 64.5 Å². The van der Waals surface area contributed by atoms with Gasteiger partial charge < -0.3 is 24.3 Å². The molecule has 2 aromatic heterocycles. The van der Waals surface area contributed by atoms with Crippen molar-refractivity contribution in [2.45, 2.75) is 6.42 Å². The molecule has 0 saturated heterocycles. The Morgan fingerprint density at radius 3 is 2.76 bits per heavy atom. The molecule has 11 nitrogen and oxygen atoms in total. The Bertz CT molecular complexity index is 1490. The first-order chi connectivity index (χ1) is 17.8.